The number of nitrogens with zero attached hydrogens (tertiary/aromatic N) is 2. The third kappa shape index (κ3) is 1.66. The van der Waals surface area contributed by atoms with E-state index in [9.17, 15) is 0 Å². The molecule has 94 valence electrons. The molecular formula is C15H19N3. The van der Waals surface area contributed by atoms with E-state index >= 15 is 0 Å². The molecule has 3 rings (SSSR count). The Morgan fingerprint density at radius 3 is 2.50 bits per heavy atom. The maximum Gasteiger partial charge on any atom is 0.0926 e. The number of hydrogen-bond donors (Lipinski definition) is 1. The molecule has 0 aliphatic heterocycles. The summed E-state index contributed by atoms with van der Waals surface area (Å²) >= 11 is 0. The Bertz CT molecular complexity index is 550. The minimum Gasteiger partial charge on any atom is -0.327 e. The second-order valence-corrected chi connectivity index (χ2v) is 5.35. The normalized spacial score (nSPS) is 18.6. The molecule has 1 aromatic carbocycles. The highest BCUT2D eigenvalue weighted by atomic mass is 15.3. The van der Waals surface area contributed by atoms with Gasteiger partial charge >= 0.3 is 0 Å². The van der Waals surface area contributed by atoms with Crippen LogP contribution in [0.25, 0.3) is 11.3 Å². The van der Waals surface area contributed by atoms with E-state index in [2.05, 4.69) is 30.2 Å². The summed E-state index contributed by atoms with van der Waals surface area (Å²) in [6.45, 7) is 2.10. The van der Waals surface area contributed by atoms with E-state index in [1.54, 1.807) is 0 Å². The predicted octanol–water partition coefficient (Wildman–Crippen LogP) is 2.47. The van der Waals surface area contributed by atoms with Gasteiger partial charge in [-0.3, -0.25) is 4.68 Å². The first kappa shape index (κ1) is 11.5. The Labute approximate surface area is 108 Å². The van der Waals surface area contributed by atoms with Crippen LogP contribution >= 0.6 is 0 Å². The maximum absolute atomic E-state index is 6.14. The van der Waals surface area contributed by atoms with Crippen LogP contribution in [-0.2, 0) is 12.5 Å². The minimum atomic E-state index is 0.161. The van der Waals surface area contributed by atoms with Gasteiger partial charge in [0.25, 0.3) is 0 Å². The van der Waals surface area contributed by atoms with Crippen LogP contribution < -0.4 is 5.73 Å². The molecule has 1 aliphatic carbocycles. The molecule has 18 heavy (non-hydrogen) atoms. The summed E-state index contributed by atoms with van der Waals surface area (Å²) in [6, 6.07) is 12.7. The van der Waals surface area contributed by atoms with Crippen molar-refractivity contribution in [1.82, 2.24) is 9.78 Å². The molecule has 1 heterocycles. The number of aryl methyl sites for hydroxylation is 1. The molecule has 1 fully saturated rings. The average Bonchev–Trinajstić information content (AvgIpc) is 3.09. The van der Waals surface area contributed by atoms with Crippen LogP contribution in [-0.4, -0.2) is 15.8 Å². The Morgan fingerprint density at radius 2 is 1.94 bits per heavy atom. The highest BCUT2D eigenvalue weighted by molar-refractivity contribution is 5.60. The zero-order chi connectivity index (χ0) is 12.8. The number of rotatable bonds is 3. The lowest BCUT2D eigenvalue weighted by atomic mass is 9.94. The topological polar surface area (TPSA) is 43.8 Å². The van der Waals surface area contributed by atoms with Gasteiger partial charge in [-0.05, 0) is 25.8 Å². The van der Waals surface area contributed by atoms with Gasteiger partial charge in [0, 0.05) is 29.8 Å². The summed E-state index contributed by atoms with van der Waals surface area (Å²) in [7, 11) is 2.02. The lowest BCUT2D eigenvalue weighted by Gasteiger charge is -2.19. The Balaban J connectivity index is 2.02. The summed E-state index contributed by atoms with van der Waals surface area (Å²) in [5.41, 5.74) is 9.78. The minimum absolute atomic E-state index is 0.161. The van der Waals surface area contributed by atoms with E-state index in [-0.39, 0.29) is 11.5 Å². The third-order valence-corrected chi connectivity index (χ3v) is 4.12. The first-order chi connectivity index (χ1) is 8.63. The van der Waals surface area contributed by atoms with Crippen LogP contribution in [0.4, 0.5) is 0 Å². The average molecular weight is 241 g/mol. The molecule has 0 saturated heterocycles. The fourth-order valence-corrected chi connectivity index (χ4v) is 2.76. The quantitative estimate of drug-likeness (QED) is 0.897. The van der Waals surface area contributed by atoms with Gasteiger partial charge < -0.3 is 5.73 Å². The molecule has 1 atom stereocenters. The Kier molecular flexibility index (Phi) is 2.52. The summed E-state index contributed by atoms with van der Waals surface area (Å²) < 4.78 is 2.00. The lowest BCUT2D eigenvalue weighted by Crippen LogP contribution is -2.33. The number of hydrogen-bond acceptors (Lipinski definition) is 2. The van der Waals surface area contributed by atoms with E-state index in [1.807, 2.05) is 29.9 Å². The molecule has 1 aliphatic rings. The molecule has 2 N–H and O–H groups in total. The Hall–Kier alpha value is -1.61. The van der Waals surface area contributed by atoms with Gasteiger partial charge in [0.1, 0.15) is 0 Å². The zero-order valence-electron chi connectivity index (χ0n) is 10.9. The molecule has 1 saturated carbocycles. The number of aromatic nitrogens is 2. The van der Waals surface area contributed by atoms with Crippen LogP contribution in [0.5, 0.6) is 0 Å². The lowest BCUT2D eigenvalue weighted by molar-refractivity contribution is 0.510. The van der Waals surface area contributed by atoms with Crippen molar-refractivity contribution in [3.63, 3.8) is 0 Å². The largest absolute Gasteiger partial charge is 0.327 e. The molecule has 1 aromatic heterocycles. The molecule has 3 heteroatoms. The van der Waals surface area contributed by atoms with Crippen molar-refractivity contribution in [3.8, 4) is 11.3 Å². The van der Waals surface area contributed by atoms with Gasteiger partial charge in [-0.1, -0.05) is 30.3 Å². The summed E-state index contributed by atoms with van der Waals surface area (Å²) in [6.07, 6.45) is 2.36. The van der Waals surface area contributed by atoms with Crippen molar-refractivity contribution >= 4 is 0 Å². The first-order valence-electron chi connectivity index (χ1n) is 6.49. The zero-order valence-corrected chi connectivity index (χ0v) is 10.9. The fraction of sp³-hybridized carbons (Fsp3) is 0.400. The van der Waals surface area contributed by atoms with E-state index in [0.29, 0.717) is 0 Å². The maximum atomic E-state index is 6.14. The molecule has 0 bridgehead atoms. The van der Waals surface area contributed by atoms with E-state index in [1.165, 1.54) is 24.1 Å². The molecule has 3 nitrogen and oxygen atoms in total. The van der Waals surface area contributed by atoms with Gasteiger partial charge in [0.15, 0.2) is 0 Å². The van der Waals surface area contributed by atoms with Crippen molar-refractivity contribution in [3.05, 3.63) is 42.1 Å². The van der Waals surface area contributed by atoms with Crippen LogP contribution in [0.3, 0.4) is 0 Å². The van der Waals surface area contributed by atoms with Gasteiger partial charge in [-0.2, -0.15) is 5.10 Å². The van der Waals surface area contributed by atoms with Crippen LogP contribution in [0, 0.1) is 0 Å². The van der Waals surface area contributed by atoms with Crippen LogP contribution in [0.2, 0.25) is 0 Å². The standard InChI is InChI=1S/C15H19N3/c1-11(16)15(8-9-15)14-10-13(17-18(14)2)12-6-4-3-5-7-12/h3-7,10-11H,8-9,16H2,1-2H3. The van der Waals surface area contributed by atoms with Crippen LogP contribution in [0.15, 0.2) is 36.4 Å². The number of nitrogens with two attached hydrogens (primary N) is 1. The third-order valence-electron chi connectivity index (χ3n) is 4.12. The van der Waals surface area contributed by atoms with Gasteiger partial charge in [-0.15, -0.1) is 0 Å². The highest BCUT2D eigenvalue weighted by Crippen LogP contribution is 2.50. The predicted molar refractivity (Wildman–Crippen MR) is 73.2 cm³/mol. The molecule has 0 amide bonds. The van der Waals surface area contributed by atoms with Gasteiger partial charge in [0.2, 0.25) is 0 Å². The fourth-order valence-electron chi connectivity index (χ4n) is 2.76. The molecule has 0 radical (unpaired) electrons. The summed E-state index contributed by atoms with van der Waals surface area (Å²) in [5.74, 6) is 0. The van der Waals surface area contributed by atoms with Gasteiger partial charge in [0.05, 0.1) is 5.69 Å². The van der Waals surface area contributed by atoms with Crippen molar-refractivity contribution in [2.45, 2.75) is 31.2 Å². The smallest absolute Gasteiger partial charge is 0.0926 e. The summed E-state index contributed by atoms with van der Waals surface area (Å²) in [4.78, 5) is 0. The van der Waals surface area contributed by atoms with Gasteiger partial charge in [-0.25, -0.2) is 0 Å². The molecule has 1 unspecified atom stereocenters. The van der Waals surface area contributed by atoms with Crippen molar-refractivity contribution in [2.24, 2.45) is 12.8 Å². The molecular weight excluding hydrogens is 222 g/mol. The first-order valence-corrected chi connectivity index (χ1v) is 6.49. The van der Waals surface area contributed by atoms with E-state index < -0.39 is 0 Å². The molecule has 0 spiro atoms. The monoisotopic (exact) mass is 241 g/mol. The second kappa shape index (κ2) is 3.95. The summed E-state index contributed by atoms with van der Waals surface area (Å²) in [5, 5.41) is 4.63. The second-order valence-electron chi connectivity index (χ2n) is 5.35. The Morgan fingerprint density at radius 1 is 1.28 bits per heavy atom. The van der Waals surface area contributed by atoms with Crippen molar-refractivity contribution in [2.75, 3.05) is 0 Å². The van der Waals surface area contributed by atoms with Crippen molar-refractivity contribution < 1.29 is 0 Å². The van der Waals surface area contributed by atoms with Crippen molar-refractivity contribution in [1.29, 1.82) is 0 Å². The number of benzene rings is 1. The highest BCUT2D eigenvalue weighted by Gasteiger charge is 2.49. The van der Waals surface area contributed by atoms with E-state index in [4.69, 9.17) is 5.73 Å². The van der Waals surface area contributed by atoms with E-state index in [0.717, 1.165) is 5.69 Å². The SMILES string of the molecule is CC(N)C1(c2cc(-c3ccccc3)nn2C)CC1. The van der Waals surface area contributed by atoms with Crippen LogP contribution in [0.1, 0.15) is 25.5 Å². The molecule has 2 aromatic rings.